The molecule has 1 heterocycles. The minimum Gasteiger partial charge on any atom is -0.478 e. The Bertz CT molecular complexity index is 638. The Kier molecular flexibility index (Phi) is 4.18. The van der Waals surface area contributed by atoms with Crippen LogP contribution in [-0.4, -0.2) is 11.1 Å². The maximum absolute atomic E-state index is 10.9. The summed E-state index contributed by atoms with van der Waals surface area (Å²) in [5.41, 5.74) is 1.80. The lowest BCUT2D eigenvalue weighted by Crippen LogP contribution is -2.19. The fourth-order valence-electron chi connectivity index (χ4n) is 1.88. The third-order valence-electron chi connectivity index (χ3n) is 3.08. The van der Waals surface area contributed by atoms with Crippen molar-refractivity contribution >= 4 is 5.97 Å². The molecular weight excluding hydrogens is 256 g/mol. The van der Waals surface area contributed by atoms with Gasteiger partial charge in [0.25, 0.3) is 0 Å². The summed E-state index contributed by atoms with van der Waals surface area (Å²) >= 11 is 0. The Morgan fingerprint density at radius 1 is 1.40 bits per heavy atom. The van der Waals surface area contributed by atoms with Crippen LogP contribution in [0.1, 0.15) is 40.2 Å². The van der Waals surface area contributed by atoms with Gasteiger partial charge in [-0.2, -0.15) is 5.26 Å². The number of nitrogens with zero attached hydrogens (tertiary/aromatic N) is 1. The maximum Gasteiger partial charge on any atom is 0.339 e. The van der Waals surface area contributed by atoms with Crippen molar-refractivity contribution < 1.29 is 14.3 Å². The smallest absolute Gasteiger partial charge is 0.339 e. The average Bonchev–Trinajstić information content (AvgIpc) is 2.93. The number of carbonyl (C=O) groups is 1. The first-order chi connectivity index (χ1) is 9.61. The van der Waals surface area contributed by atoms with E-state index in [1.807, 2.05) is 19.1 Å². The molecule has 1 atom stereocenters. The van der Waals surface area contributed by atoms with Crippen LogP contribution in [0.2, 0.25) is 0 Å². The van der Waals surface area contributed by atoms with Crippen LogP contribution >= 0.6 is 0 Å². The molecule has 0 aliphatic heterocycles. The molecule has 0 bridgehead atoms. The Morgan fingerprint density at radius 2 is 2.10 bits per heavy atom. The monoisotopic (exact) mass is 270 g/mol. The predicted molar refractivity (Wildman–Crippen MR) is 72.1 cm³/mol. The molecule has 1 aromatic carbocycles. The van der Waals surface area contributed by atoms with Gasteiger partial charge < -0.3 is 14.8 Å². The van der Waals surface area contributed by atoms with Crippen LogP contribution in [0.5, 0.6) is 0 Å². The summed E-state index contributed by atoms with van der Waals surface area (Å²) in [7, 11) is 0. The Hall–Kier alpha value is -2.58. The van der Waals surface area contributed by atoms with Crippen molar-refractivity contribution in [2.45, 2.75) is 19.5 Å². The molecule has 0 saturated carbocycles. The van der Waals surface area contributed by atoms with Crippen molar-refractivity contribution in [2.24, 2.45) is 0 Å². The van der Waals surface area contributed by atoms with E-state index < -0.39 is 5.97 Å². The standard InChI is InChI=1S/C15H14N2O3/c1-10(12-4-2-11(8-16)3-5-12)17-9-14-13(15(18)19)6-7-20-14/h2-7,10,17H,9H2,1H3,(H,18,19). The first-order valence-corrected chi connectivity index (χ1v) is 6.15. The molecule has 0 radical (unpaired) electrons. The SMILES string of the molecule is CC(NCc1occc1C(=O)O)c1ccc(C#N)cc1. The van der Waals surface area contributed by atoms with Crippen LogP contribution in [0.15, 0.2) is 41.0 Å². The van der Waals surface area contributed by atoms with Crippen LogP contribution in [0.3, 0.4) is 0 Å². The molecule has 2 rings (SSSR count). The van der Waals surface area contributed by atoms with E-state index in [0.29, 0.717) is 17.9 Å². The van der Waals surface area contributed by atoms with Gasteiger partial charge in [0, 0.05) is 6.04 Å². The summed E-state index contributed by atoms with van der Waals surface area (Å²) in [6, 6.07) is 10.8. The van der Waals surface area contributed by atoms with E-state index in [4.69, 9.17) is 14.8 Å². The third kappa shape index (κ3) is 3.05. The molecule has 5 nitrogen and oxygen atoms in total. The molecule has 20 heavy (non-hydrogen) atoms. The van der Waals surface area contributed by atoms with Crippen LogP contribution < -0.4 is 5.32 Å². The first-order valence-electron chi connectivity index (χ1n) is 6.15. The molecule has 2 aromatic rings. The van der Waals surface area contributed by atoms with E-state index >= 15 is 0 Å². The minimum absolute atomic E-state index is 0.0227. The highest BCUT2D eigenvalue weighted by molar-refractivity contribution is 5.88. The highest BCUT2D eigenvalue weighted by atomic mass is 16.4. The Balaban J connectivity index is 2.01. The molecular formula is C15H14N2O3. The first kappa shape index (κ1) is 13.8. The van der Waals surface area contributed by atoms with E-state index in [2.05, 4.69) is 11.4 Å². The van der Waals surface area contributed by atoms with E-state index in [1.165, 1.54) is 12.3 Å². The van der Waals surface area contributed by atoms with Crippen LogP contribution in [0.25, 0.3) is 0 Å². The van der Waals surface area contributed by atoms with E-state index in [-0.39, 0.29) is 11.6 Å². The summed E-state index contributed by atoms with van der Waals surface area (Å²) in [4.78, 5) is 10.9. The Labute approximate surface area is 116 Å². The summed E-state index contributed by atoms with van der Waals surface area (Å²) in [5, 5.41) is 20.9. The van der Waals surface area contributed by atoms with Gasteiger partial charge in [0.2, 0.25) is 0 Å². The fraction of sp³-hybridized carbons (Fsp3) is 0.200. The summed E-state index contributed by atoms with van der Waals surface area (Å²) in [6.45, 7) is 2.29. The van der Waals surface area contributed by atoms with Gasteiger partial charge in [0.1, 0.15) is 11.3 Å². The van der Waals surface area contributed by atoms with Crippen LogP contribution in [-0.2, 0) is 6.54 Å². The molecule has 102 valence electrons. The van der Waals surface area contributed by atoms with Gasteiger partial charge in [-0.3, -0.25) is 0 Å². The van der Waals surface area contributed by atoms with E-state index in [9.17, 15) is 4.79 Å². The van der Waals surface area contributed by atoms with E-state index in [1.54, 1.807) is 12.1 Å². The number of aromatic carboxylic acids is 1. The zero-order chi connectivity index (χ0) is 14.5. The average molecular weight is 270 g/mol. The molecule has 0 aliphatic carbocycles. The van der Waals surface area contributed by atoms with Gasteiger partial charge in [0.05, 0.1) is 24.4 Å². The summed E-state index contributed by atoms with van der Waals surface area (Å²) < 4.78 is 5.16. The molecule has 5 heteroatoms. The number of carboxylic acid groups (broad SMARTS) is 1. The predicted octanol–water partition coefficient (Wildman–Crippen LogP) is 2.70. The van der Waals surface area contributed by atoms with Crippen molar-refractivity contribution in [3.05, 3.63) is 59.0 Å². The van der Waals surface area contributed by atoms with Gasteiger partial charge in [0.15, 0.2) is 0 Å². The molecule has 0 aliphatic rings. The minimum atomic E-state index is -0.999. The lowest BCUT2D eigenvalue weighted by molar-refractivity contribution is 0.0694. The van der Waals surface area contributed by atoms with Crippen molar-refractivity contribution in [3.8, 4) is 6.07 Å². The molecule has 0 saturated heterocycles. The number of benzene rings is 1. The normalized spacial score (nSPS) is 11.8. The van der Waals surface area contributed by atoms with Crippen LogP contribution in [0, 0.1) is 11.3 Å². The molecule has 2 N–H and O–H groups in total. The summed E-state index contributed by atoms with van der Waals surface area (Å²) in [5.74, 6) is -0.598. The fourth-order valence-corrected chi connectivity index (χ4v) is 1.88. The number of hydrogen-bond acceptors (Lipinski definition) is 4. The summed E-state index contributed by atoms with van der Waals surface area (Å²) in [6.07, 6.45) is 1.37. The molecule has 0 amide bonds. The van der Waals surface area contributed by atoms with Gasteiger partial charge in [-0.05, 0) is 30.7 Å². The van der Waals surface area contributed by atoms with Crippen LogP contribution in [0.4, 0.5) is 0 Å². The lowest BCUT2D eigenvalue weighted by atomic mass is 10.1. The Morgan fingerprint density at radius 3 is 2.70 bits per heavy atom. The van der Waals surface area contributed by atoms with Crippen molar-refractivity contribution in [1.82, 2.24) is 5.32 Å². The molecule has 0 fully saturated rings. The quantitative estimate of drug-likeness (QED) is 0.872. The second kappa shape index (κ2) is 6.04. The number of nitrogens with one attached hydrogen (secondary N) is 1. The second-order valence-corrected chi connectivity index (χ2v) is 4.40. The van der Waals surface area contributed by atoms with Gasteiger partial charge in [-0.25, -0.2) is 4.79 Å². The van der Waals surface area contributed by atoms with Crippen molar-refractivity contribution in [1.29, 1.82) is 5.26 Å². The highest BCUT2D eigenvalue weighted by Crippen LogP contribution is 2.16. The molecule has 1 unspecified atom stereocenters. The largest absolute Gasteiger partial charge is 0.478 e. The molecule has 0 spiro atoms. The van der Waals surface area contributed by atoms with Gasteiger partial charge >= 0.3 is 5.97 Å². The van der Waals surface area contributed by atoms with Crippen molar-refractivity contribution in [2.75, 3.05) is 0 Å². The number of hydrogen-bond donors (Lipinski definition) is 2. The zero-order valence-electron chi connectivity index (χ0n) is 11.0. The zero-order valence-corrected chi connectivity index (χ0v) is 11.0. The van der Waals surface area contributed by atoms with Gasteiger partial charge in [-0.15, -0.1) is 0 Å². The number of carboxylic acids is 1. The third-order valence-corrected chi connectivity index (χ3v) is 3.08. The lowest BCUT2D eigenvalue weighted by Gasteiger charge is -2.13. The molecule has 1 aromatic heterocycles. The second-order valence-electron chi connectivity index (χ2n) is 4.40. The van der Waals surface area contributed by atoms with Crippen molar-refractivity contribution in [3.63, 3.8) is 0 Å². The van der Waals surface area contributed by atoms with Gasteiger partial charge in [-0.1, -0.05) is 12.1 Å². The number of furan rings is 1. The topological polar surface area (TPSA) is 86.3 Å². The highest BCUT2D eigenvalue weighted by Gasteiger charge is 2.14. The van der Waals surface area contributed by atoms with E-state index in [0.717, 1.165) is 5.56 Å². The number of nitriles is 1. The maximum atomic E-state index is 10.9. The number of rotatable bonds is 5.